The maximum absolute atomic E-state index is 13.1. The number of ketones is 1. The van der Waals surface area contributed by atoms with Crippen molar-refractivity contribution in [1.29, 1.82) is 0 Å². The maximum atomic E-state index is 13.1. The highest BCUT2D eigenvalue weighted by Crippen LogP contribution is 2.37. The zero-order valence-electron chi connectivity index (χ0n) is 18.3. The molecule has 2 nitrogen and oxygen atoms in total. The van der Waals surface area contributed by atoms with Gasteiger partial charge in [-0.05, 0) is 67.6 Å². The van der Waals surface area contributed by atoms with Gasteiger partial charge in [-0.2, -0.15) is 0 Å². The lowest BCUT2D eigenvalue weighted by molar-refractivity contribution is 0.0943. The summed E-state index contributed by atoms with van der Waals surface area (Å²) in [4.78, 5) is 13.1. The minimum Gasteiger partial charge on any atom is -0.311 e. The molecule has 1 saturated heterocycles. The van der Waals surface area contributed by atoms with Crippen LogP contribution in [0.3, 0.4) is 0 Å². The Morgan fingerprint density at radius 1 is 1.15 bits per heavy atom. The number of benzene rings is 1. The van der Waals surface area contributed by atoms with Gasteiger partial charge in [0.05, 0.1) is 0 Å². The van der Waals surface area contributed by atoms with E-state index in [4.69, 9.17) is 0 Å². The maximum Gasteiger partial charge on any atom is 0.163 e. The molecule has 0 aliphatic carbocycles. The first-order chi connectivity index (χ1) is 11.8. The summed E-state index contributed by atoms with van der Waals surface area (Å²) in [7, 11) is 0. The fraction of sp³-hybridized carbons (Fsp3) is 0.708. The van der Waals surface area contributed by atoms with Crippen molar-refractivity contribution in [3.63, 3.8) is 0 Å². The van der Waals surface area contributed by atoms with Crippen molar-refractivity contribution >= 4 is 5.78 Å². The Hall–Kier alpha value is -1.15. The molecule has 0 radical (unpaired) electrons. The molecule has 26 heavy (non-hydrogen) atoms. The predicted molar refractivity (Wildman–Crippen MR) is 112 cm³/mol. The van der Waals surface area contributed by atoms with Crippen LogP contribution in [0.2, 0.25) is 0 Å². The van der Waals surface area contributed by atoms with Gasteiger partial charge in [0, 0.05) is 24.1 Å². The fourth-order valence-corrected chi connectivity index (χ4v) is 4.26. The van der Waals surface area contributed by atoms with E-state index in [0.29, 0.717) is 18.1 Å². The molecule has 2 atom stereocenters. The number of hydrogen-bond acceptors (Lipinski definition) is 2. The molecule has 1 aromatic rings. The lowest BCUT2D eigenvalue weighted by Gasteiger charge is -2.31. The molecule has 1 heterocycles. The standard InChI is InChI=1S/C24H39NO/c1-9-24(8)15-18(14-23(6,7)16-25-24)12-21(26)19-10-17(2)11-20(13-19)22(3,4)5/h10-11,13,18,25H,9,12,14-16H2,1-8H3. The average molecular weight is 358 g/mol. The molecule has 1 aromatic carbocycles. The second-order valence-corrected chi connectivity index (χ2v) is 10.7. The van der Waals surface area contributed by atoms with Crippen LogP contribution in [0.25, 0.3) is 0 Å². The van der Waals surface area contributed by atoms with Crippen molar-refractivity contribution in [1.82, 2.24) is 5.32 Å². The molecule has 2 unspecified atom stereocenters. The van der Waals surface area contributed by atoms with Gasteiger partial charge in [0.15, 0.2) is 5.78 Å². The number of Topliss-reactive ketones (excluding diaryl/α,β-unsaturated/α-hetero) is 1. The van der Waals surface area contributed by atoms with Crippen molar-refractivity contribution in [3.05, 3.63) is 34.9 Å². The van der Waals surface area contributed by atoms with Gasteiger partial charge in [0.1, 0.15) is 0 Å². The first-order valence-corrected chi connectivity index (χ1v) is 10.2. The lowest BCUT2D eigenvalue weighted by atomic mass is 9.77. The monoisotopic (exact) mass is 357 g/mol. The van der Waals surface area contributed by atoms with E-state index >= 15 is 0 Å². The summed E-state index contributed by atoms with van der Waals surface area (Å²) in [5.74, 6) is 0.747. The molecule has 0 bridgehead atoms. The van der Waals surface area contributed by atoms with E-state index in [0.717, 1.165) is 31.4 Å². The van der Waals surface area contributed by atoms with Gasteiger partial charge < -0.3 is 5.32 Å². The highest BCUT2D eigenvalue weighted by Gasteiger charge is 2.36. The summed E-state index contributed by atoms with van der Waals surface area (Å²) in [5.41, 5.74) is 3.77. The molecule has 1 fully saturated rings. The minimum atomic E-state index is 0.0655. The van der Waals surface area contributed by atoms with Crippen LogP contribution in [0.5, 0.6) is 0 Å². The number of hydrogen-bond donors (Lipinski definition) is 1. The van der Waals surface area contributed by atoms with Crippen LogP contribution in [0.4, 0.5) is 0 Å². The molecule has 1 aliphatic rings. The van der Waals surface area contributed by atoms with E-state index in [1.165, 1.54) is 11.1 Å². The molecule has 0 spiro atoms. The highest BCUT2D eigenvalue weighted by atomic mass is 16.1. The van der Waals surface area contributed by atoms with Crippen molar-refractivity contribution < 1.29 is 4.79 Å². The normalized spacial score (nSPS) is 26.4. The Morgan fingerprint density at radius 2 is 1.81 bits per heavy atom. The SMILES string of the molecule is CCC1(C)CC(CC(=O)c2cc(C)cc(C(C)(C)C)c2)CC(C)(C)CN1. The number of carbonyl (C=O) groups is 1. The Labute approximate surface area is 161 Å². The Balaban J connectivity index is 2.24. The third kappa shape index (κ3) is 5.42. The zero-order valence-corrected chi connectivity index (χ0v) is 18.3. The van der Waals surface area contributed by atoms with Crippen LogP contribution in [-0.4, -0.2) is 17.9 Å². The molecule has 0 aromatic heterocycles. The van der Waals surface area contributed by atoms with Gasteiger partial charge >= 0.3 is 0 Å². The van der Waals surface area contributed by atoms with E-state index in [2.05, 4.69) is 78.9 Å². The van der Waals surface area contributed by atoms with E-state index in [1.54, 1.807) is 0 Å². The van der Waals surface area contributed by atoms with Gasteiger partial charge in [-0.1, -0.05) is 53.2 Å². The number of rotatable bonds is 4. The summed E-state index contributed by atoms with van der Waals surface area (Å²) in [6.45, 7) is 19.0. The molecular formula is C24H39NO. The van der Waals surface area contributed by atoms with E-state index < -0.39 is 0 Å². The molecular weight excluding hydrogens is 318 g/mol. The molecule has 1 N–H and O–H groups in total. The van der Waals surface area contributed by atoms with E-state index in [-0.39, 0.29) is 16.4 Å². The quantitative estimate of drug-likeness (QED) is 0.664. The van der Waals surface area contributed by atoms with Crippen molar-refractivity contribution in [2.45, 2.75) is 92.0 Å². The summed E-state index contributed by atoms with van der Waals surface area (Å²) >= 11 is 0. The van der Waals surface area contributed by atoms with Crippen molar-refractivity contribution in [2.24, 2.45) is 11.3 Å². The molecule has 2 heteroatoms. The second-order valence-electron chi connectivity index (χ2n) is 10.7. The number of aryl methyl sites for hydroxylation is 1. The topological polar surface area (TPSA) is 29.1 Å². The third-order valence-corrected chi connectivity index (χ3v) is 6.09. The summed E-state index contributed by atoms with van der Waals surface area (Å²) in [6, 6.07) is 6.40. The third-order valence-electron chi connectivity index (χ3n) is 6.09. The predicted octanol–water partition coefficient (Wildman–Crippen LogP) is 6.06. The summed E-state index contributed by atoms with van der Waals surface area (Å²) in [6.07, 6.45) is 3.95. The van der Waals surface area contributed by atoms with Crippen LogP contribution in [0.1, 0.15) is 95.6 Å². The molecule has 146 valence electrons. The van der Waals surface area contributed by atoms with Crippen molar-refractivity contribution in [2.75, 3.05) is 6.54 Å². The first kappa shape index (κ1) is 21.2. The fourth-order valence-electron chi connectivity index (χ4n) is 4.26. The van der Waals surface area contributed by atoms with Crippen LogP contribution in [-0.2, 0) is 5.41 Å². The van der Waals surface area contributed by atoms with E-state index in [1.807, 2.05) is 0 Å². The molecule has 2 rings (SSSR count). The Morgan fingerprint density at radius 3 is 2.38 bits per heavy atom. The smallest absolute Gasteiger partial charge is 0.163 e. The van der Waals surface area contributed by atoms with Crippen LogP contribution >= 0.6 is 0 Å². The van der Waals surface area contributed by atoms with Gasteiger partial charge in [0.25, 0.3) is 0 Å². The highest BCUT2D eigenvalue weighted by molar-refractivity contribution is 5.96. The van der Waals surface area contributed by atoms with Gasteiger partial charge in [-0.3, -0.25) is 4.79 Å². The van der Waals surface area contributed by atoms with Crippen molar-refractivity contribution in [3.8, 4) is 0 Å². The Kier molecular flexibility index (Phi) is 6.07. The second kappa shape index (κ2) is 7.46. The Bertz CT molecular complexity index is 653. The molecule has 0 saturated carbocycles. The zero-order chi connectivity index (χ0) is 19.8. The van der Waals surface area contributed by atoms with E-state index in [9.17, 15) is 4.79 Å². The van der Waals surface area contributed by atoms with Gasteiger partial charge in [0.2, 0.25) is 0 Å². The van der Waals surface area contributed by atoms with Crippen LogP contribution in [0, 0.1) is 18.3 Å². The lowest BCUT2D eigenvalue weighted by Crippen LogP contribution is -2.44. The number of nitrogens with one attached hydrogen (secondary N) is 1. The van der Waals surface area contributed by atoms with Crippen LogP contribution in [0.15, 0.2) is 18.2 Å². The largest absolute Gasteiger partial charge is 0.311 e. The molecule has 0 amide bonds. The van der Waals surface area contributed by atoms with Gasteiger partial charge in [-0.25, -0.2) is 0 Å². The summed E-state index contributed by atoms with van der Waals surface area (Å²) < 4.78 is 0. The minimum absolute atomic E-state index is 0.0655. The average Bonchev–Trinajstić information content (AvgIpc) is 2.62. The van der Waals surface area contributed by atoms with Gasteiger partial charge in [-0.15, -0.1) is 0 Å². The number of carbonyl (C=O) groups excluding carboxylic acids is 1. The first-order valence-electron chi connectivity index (χ1n) is 10.2. The van der Waals surface area contributed by atoms with Crippen LogP contribution < -0.4 is 5.32 Å². The summed E-state index contributed by atoms with van der Waals surface area (Å²) in [5, 5.41) is 3.77. The molecule has 1 aliphatic heterocycles.